The summed E-state index contributed by atoms with van der Waals surface area (Å²) >= 11 is 0. The van der Waals surface area contributed by atoms with Crippen LogP contribution in [0.25, 0.3) is 0 Å². The average Bonchev–Trinajstić information content (AvgIpc) is 2.66. The van der Waals surface area contributed by atoms with Crippen molar-refractivity contribution in [1.82, 2.24) is 9.88 Å². The summed E-state index contributed by atoms with van der Waals surface area (Å²) in [7, 11) is 1.89. The molecule has 2 rings (SSSR count). The van der Waals surface area contributed by atoms with Crippen molar-refractivity contribution in [2.75, 3.05) is 18.9 Å². The molecule has 82 valence electrons. The second-order valence-electron chi connectivity index (χ2n) is 4.26. The lowest BCUT2D eigenvalue weighted by Crippen LogP contribution is -2.26. The van der Waals surface area contributed by atoms with E-state index < -0.39 is 0 Å². The van der Waals surface area contributed by atoms with Crippen molar-refractivity contribution in [3.63, 3.8) is 0 Å². The Bertz CT molecular complexity index is 307. The van der Waals surface area contributed by atoms with Gasteiger partial charge in [0.1, 0.15) is 5.82 Å². The molecule has 1 aromatic heterocycles. The maximum Gasteiger partial charge on any atom is 0.125 e. The predicted octanol–water partition coefficient (Wildman–Crippen LogP) is 2.11. The van der Waals surface area contributed by atoms with Crippen LogP contribution in [-0.2, 0) is 6.54 Å². The summed E-state index contributed by atoms with van der Waals surface area (Å²) in [6.07, 6.45) is 4.64. The van der Waals surface area contributed by atoms with E-state index in [1.54, 1.807) is 0 Å². The molecule has 0 aromatic carbocycles. The summed E-state index contributed by atoms with van der Waals surface area (Å²) in [4.78, 5) is 6.85. The van der Waals surface area contributed by atoms with Crippen LogP contribution < -0.4 is 5.32 Å². The molecule has 1 saturated heterocycles. The van der Waals surface area contributed by atoms with Crippen LogP contribution in [0.15, 0.2) is 18.3 Å². The molecule has 0 radical (unpaired) electrons. The molecule has 3 heteroatoms. The maximum atomic E-state index is 4.33. The zero-order chi connectivity index (χ0) is 10.7. The highest BCUT2D eigenvalue weighted by molar-refractivity contribution is 5.34. The Kier molecular flexibility index (Phi) is 3.21. The van der Waals surface area contributed by atoms with Gasteiger partial charge in [-0.05, 0) is 37.9 Å². The number of rotatable bonds is 3. The van der Waals surface area contributed by atoms with Gasteiger partial charge in [0, 0.05) is 25.8 Å². The molecule has 1 aromatic rings. The summed E-state index contributed by atoms with van der Waals surface area (Å²) in [5.74, 6) is 0.938. The second-order valence-corrected chi connectivity index (χ2v) is 4.26. The first kappa shape index (κ1) is 10.4. The zero-order valence-corrected chi connectivity index (χ0v) is 9.53. The van der Waals surface area contributed by atoms with Crippen molar-refractivity contribution >= 4 is 5.82 Å². The van der Waals surface area contributed by atoms with Crippen molar-refractivity contribution in [3.8, 4) is 0 Å². The second kappa shape index (κ2) is 4.62. The van der Waals surface area contributed by atoms with Gasteiger partial charge in [0.05, 0.1) is 0 Å². The van der Waals surface area contributed by atoms with Crippen molar-refractivity contribution in [3.05, 3.63) is 23.9 Å². The summed E-state index contributed by atoms with van der Waals surface area (Å²) in [5, 5.41) is 3.03. The quantitative estimate of drug-likeness (QED) is 0.819. The van der Waals surface area contributed by atoms with Crippen LogP contribution in [0.2, 0.25) is 0 Å². The molecule has 1 fully saturated rings. The normalized spacial score (nSPS) is 21.9. The molecule has 1 aliphatic rings. The maximum absolute atomic E-state index is 4.33. The van der Waals surface area contributed by atoms with Crippen LogP contribution >= 0.6 is 0 Å². The fourth-order valence-corrected chi connectivity index (χ4v) is 2.13. The summed E-state index contributed by atoms with van der Waals surface area (Å²) in [6.45, 7) is 4.58. The number of likely N-dealkylation sites (tertiary alicyclic amines) is 1. The lowest BCUT2D eigenvalue weighted by molar-refractivity contribution is 0.260. The van der Waals surface area contributed by atoms with E-state index in [0.29, 0.717) is 0 Å². The standard InChI is InChI=1S/C12H19N3/c1-10-4-3-7-15(10)9-11-5-6-12(13-2)14-8-11/h5-6,8,10H,3-4,7,9H2,1-2H3,(H,13,14). The molecule has 0 amide bonds. The van der Waals surface area contributed by atoms with Gasteiger partial charge < -0.3 is 5.32 Å². The molecule has 0 saturated carbocycles. The molecule has 0 spiro atoms. The minimum atomic E-state index is 0.731. The van der Waals surface area contributed by atoms with Crippen LogP contribution in [0, 0.1) is 0 Å². The van der Waals surface area contributed by atoms with Gasteiger partial charge in [0.2, 0.25) is 0 Å². The Morgan fingerprint density at radius 1 is 1.53 bits per heavy atom. The minimum absolute atomic E-state index is 0.731. The van der Waals surface area contributed by atoms with Gasteiger partial charge in [-0.1, -0.05) is 6.07 Å². The number of anilines is 1. The SMILES string of the molecule is CNc1ccc(CN2CCCC2C)cn1. The molecule has 3 nitrogen and oxygen atoms in total. The highest BCUT2D eigenvalue weighted by Crippen LogP contribution is 2.19. The number of pyridine rings is 1. The Balaban J connectivity index is 1.98. The minimum Gasteiger partial charge on any atom is -0.373 e. The highest BCUT2D eigenvalue weighted by Gasteiger charge is 2.19. The van der Waals surface area contributed by atoms with Crippen molar-refractivity contribution in [2.45, 2.75) is 32.4 Å². The Hall–Kier alpha value is -1.09. The number of nitrogens with one attached hydrogen (secondary N) is 1. The van der Waals surface area contributed by atoms with Crippen LogP contribution in [0.5, 0.6) is 0 Å². The third-order valence-electron chi connectivity index (χ3n) is 3.16. The number of hydrogen-bond donors (Lipinski definition) is 1. The number of hydrogen-bond acceptors (Lipinski definition) is 3. The van der Waals surface area contributed by atoms with Crippen LogP contribution in [0.4, 0.5) is 5.82 Å². The monoisotopic (exact) mass is 205 g/mol. The third-order valence-corrected chi connectivity index (χ3v) is 3.16. The molecule has 1 N–H and O–H groups in total. The van der Waals surface area contributed by atoms with E-state index in [4.69, 9.17) is 0 Å². The zero-order valence-electron chi connectivity index (χ0n) is 9.53. The van der Waals surface area contributed by atoms with E-state index in [0.717, 1.165) is 18.4 Å². The van der Waals surface area contributed by atoms with Crippen molar-refractivity contribution in [2.24, 2.45) is 0 Å². The fraction of sp³-hybridized carbons (Fsp3) is 0.583. The molecule has 0 bridgehead atoms. The van der Waals surface area contributed by atoms with Crippen LogP contribution in [-0.4, -0.2) is 29.5 Å². The molecule has 1 unspecified atom stereocenters. The van der Waals surface area contributed by atoms with Gasteiger partial charge in [-0.3, -0.25) is 4.90 Å². The largest absolute Gasteiger partial charge is 0.373 e. The lowest BCUT2D eigenvalue weighted by Gasteiger charge is -2.20. The van der Waals surface area contributed by atoms with E-state index in [1.807, 2.05) is 19.3 Å². The van der Waals surface area contributed by atoms with Crippen molar-refractivity contribution < 1.29 is 0 Å². The van der Waals surface area contributed by atoms with E-state index in [2.05, 4.69) is 28.2 Å². The smallest absolute Gasteiger partial charge is 0.125 e. The van der Waals surface area contributed by atoms with E-state index >= 15 is 0 Å². The first-order valence-electron chi connectivity index (χ1n) is 5.66. The molecular weight excluding hydrogens is 186 g/mol. The van der Waals surface area contributed by atoms with Crippen molar-refractivity contribution in [1.29, 1.82) is 0 Å². The Morgan fingerprint density at radius 3 is 2.93 bits per heavy atom. The topological polar surface area (TPSA) is 28.2 Å². The molecule has 1 atom stereocenters. The summed E-state index contributed by atoms with van der Waals surface area (Å²) < 4.78 is 0. The van der Waals surface area contributed by atoms with Crippen LogP contribution in [0.3, 0.4) is 0 Å². The average molecular weight is 205 g/mol. The number of aromatic nitrogens is 1. The highest BCUT2D eigenvalue weighted by atomic mass is 15.2. The first-order chi connectivity index (χ1) is 7.29. The lowest BCUT2D eigenvalue weighted by atomic mass is 10.2. The fourth-order valence-electron chi connectivity index (χ4n) is 2.13. The molecule has 1 aliphatic heterocycles. The molecule has 0 aliphatic carbocycles. The molecule has 15 heavy (non-hydrogen) atoms. The number of nitrogens with zero attached hydrogens (tertiary/aromatic N) is 2. The van der Waals surface area contributed by atoms with Gasteiger partial charge in [-0.25, -0.2) is 4.98 Å². The van der Waals surface area contributed by atoms with Gasteiger partial charge >= 0.3 is 0 Å². The predicted molar refractivity (Wildman–Crippen MR) is 62.9 cm³/mol. The van der Waals surface area contributed by atoms with E-state index in [1.165, 1.54) is 24.9 Å². The van der Waals surface area contributed by atoms with E-state index in [9.17, 15) is 0 Å². The van der Waals surface area contributed by atoms with Gasteiger partial charge in [-0.15, -0.1) is 0 Å². The first-order valence-corrected chi connectivity index (χ1v) is 5.66. The Labute approximate surface area is 91.5 Å². The Morgan fingerprint density at radius 2 is 2.40 bits per heavy atom. The van der Waals surface area contributed by atoms with Gasteiger partial charge in [-0.2, -0.15) is 0 Å². The summed E-state index contributed by atoms with van der Waals surface area (Å²) in [5.41, 5.74) is 1.31. The van der Waals surface area contributed by atoms with Gasteiger partial charge in [0.25, 0.3) is 0 Å². The van der Waals surface area contributed by atoms with Gasteiger partial charge in [0.15, 0.2) is 0 Å². The molecular formula is C12H19N3. The van der Waals surface area contributed by atoms with E-state index in [-0.39, 0.29) is 0 Å². The van der Waals surface area contributed by atoms with Crippen LogP contribution in [0.1, 0.15) is 25.3 Å². The molecule has 2 heterocycles. The summed E-state index contributed by atoms with van der Waals surface area (Å²) in [6, 6.07) is 4.92. The third kappa shape index (κ3) is 2.48.